The van der Waals surface area contributed by atoms with E-state index in [2.05, 4.69) is 20.1 Å². The number of rotatable bonds is 2. The second-order valence-electron chi connectivity index (χ2n) is 4.87. The van der Waals surface area contributed by atoms with Crippen molar-refractivity contribution in [1.82, 2.24) is 20.1 Å². The molecule has 21 heavy (non-hydrogen) atoms. The molecule has 5 nitrogen and oxygen atoms in total. The Morgan fingerprint density at radius 1 is 1.10 bits per heavy atom. The maximum Gasteiger partial charge on any atom is 0.258 e. The number of hydrogen-bond donors (Lipinski definition) is 1. The van der Waals surface area contributed by atoms with Crippen LogP contribution in [0.2, 0.25) is 0 Å². The Labute approximate surface area is 120 Å². The van der Waals surface area contributed by atoms with Crippen LogP contribution >= 0.6 is 0 Å². The largest absolute Gasteiger partial charge is 0.345 e. The molecule has 2 aromatic carbocycles. The summed E-state index contributed by atoms with van der Waals surface area (Å²) in [6.07, 6.45) is 1.67. The van der Waals surface area contributed by atoms with Crippen LogP contribution in [-0.2, 0) is 0 Å². The van der Waals surface area contributed by atoms with E-state index in [9.17, 15) is 0 Å². The molecule has 0 aliphatic heterocycles. The van der Waals surface area contributed by atoms with Crippen molar-refractivity contribution in [2.45, 2.75) is 6.92 Å². The van der Waals surface area contributed by atoms with Gasteiger partial charge in [0.2, 0.25) is 5.82 Å². The molecule has 0 amide bonds. The molecule has 5 heteroatoms. The van der Waals surface area contributed by atoms with Crippen LogP contribution in [0, 0.1) is 6.92 Å². The SMILES string of the molecule is Cc1ccccc1-c1nc(-c2ccc3nc[nH]c3c2)no1. The van der Waals surface area contributed by atoms with Crippen LogP contribution in [0.5, 0.6) is 0 Å². The van der Waals surface area contributed by atoms with Crippen molar-refractivity contribution in [3.8, 4) is 22.8 Å². The van der Waals surface area contributed by atoms with Crippen LogP contribution in [0.15, 0.2) is 53.3 Å². The van der Waals surface area contributed by atoms with E-state index in [-0.39, 0.29) is 0 Å². The van der Waals surface area contributed by atoms with Gasteiger partial charge in [-0.25, -0.2) is 4.98 Å². The first-order chi connectivity index (χ1) is 10.3. The van der Waals surface area contributed by atoms with E-state index in [1.165, 1.54) is 0 Å². The van der Waals surface area contributed by atoms with Crippen molar-refractivity contribution in [3.63, 3.8) is 0 Å². The van der Waals surface area contributed by atoms with Gasteiger partial charge in [0.1, 0.15) is 0 Å². The number of hydrogen-bond acceptors (Lipinski definition) is 4. The van der Waals surface area contributed by atoms with Crippen LogP contribution in [0.25, 0.3) is 33.9 Å². The van der Waals surface area contributed by atoms with Crippen molar-refractivity contribution in [2.24, 2.45) is 0 Å². The Kier molecular flexibility index (Phi) is 2.57. The summed E-state index contributed by atoms with van der Waals surface area (Å²) in [6.45, 7) is 2.02. The monoisotopic (exact) mass is 276 g/mol. The molecule has 0 aliphatic carbocycles. The number of nitrogens with one attached hydrogen (secondary N) is 1. The van der Waals surface area contributed by atoms with Crippen LogP contribution in [-0.4, -0.2) is 20.1 Å². The third-order valence-electron chi connectivity index (χ3n) is 3.48. The molecule has 0 saturated heterocycles. The molecule has 0 unspecified atom stereocenters. The lowest BCUT2D eigenvalue weighted by Gasteiger charge is -1.98. The Morgan fingerprint density at radius 2 is 2.00 bits per heavy atom. The number of aromatic amines is 1. The first-order valence-corrected chi connectivity index (χ1v) is 6.64. The lowest BCUT2D eigenvalue weighted by Crippen LogP contribution is -1.84. The predicted octanol–water partition coefficient (Wildman–Crippen LogP) is 3.59. The minimum Gasteiger partial charge on any atom is -0.345 e. The van der Waals surface area contributed by atoms with E-state index in [1.807, 2.05) is 49.4 Å². The first kappa shape index (κ1) is 11.8. The number of benzene rings is 2. The normalized spacial score (nSPS) is 11.1. The molecule has 2 heterocycles. The van der Waals surface area contributed by atoms with Crippen LogP contribution in [0.3, 0.4) is 0 Å². The van der Waals surface area contributed by atoms with Gasteiger partial charge in [0.25, 0.3) is 5.89 Å². The minimum absolute atomic E-state index is 0.535. The zero-order valence-electron chi connectivity index (χ0n) is 11.4. The number of aromatic nitrogens is 4. The third-order valence-corrected chi connectivity index (χ3v) is 3.48. The fourth-order valence-corrected chi connectivity index (χ4v) is 2.34. The van der Waals surface area contributed by atoms with Gasteiger partial charge >= 0.3 is 0 Å². The van der Waals surface area contributed by atoms with Gasteiger partial charge in [0.05, 0.1) is 17.4 Å². The highest BCUT2D eigenvalue weighted by atomic mass is 16.5. The summed E-state index contributed by atoms with van der Waals surface area (Å²) >= 11 is 0. The lowest BCUT2D eigenvalue weighted by molar-refractivity contribution is 0.432. The van der Waals surface area contributed by atoms with Gasteiger partial charge in [-0.1, -0.05) is 23.4 Å². The van der Waals surface area contributed by atoms with Gasteiger partial charge in [-0.2, -0.15) is 4.98 Å². The van der Waals surface area contributed by atoms with Gasteiger partial charge in [0, 0.05) is 11.1 Å². The molecule has 4 aromatic rings. The smallest absolute Gasteiger partial charge is 0.258 e. The molecule has 1 N–H and O–H groups in total. The Hall–Kier alpha value is -2.95. The third kappa shape index (κ3) is 1.99. The summed E-state index contributed by atoms with van der Waals surface area (Å²) in [5.41, 5.74) is 4.84. The fraction of sp³-hybridized carbons (Fsp3) is 0.0625. The molecular weight excluding hydrogens is 264 g/mol. The molecule has 2 aromatic heterocycles. The van der Waals surface area contributed by atoms with Crippen LogP contribution < -0.4 is 0 Å². The highest BCUT2D eigenvalue weighted by molar-refractivity contribution is 5.80. The van der Waals surface area contributed by atoms with Crippen molar-refractivity contribution in [2.75, 3.05) is 0 Å². The highest BCUT2D eigenvalue weighted by Gasteiger charge is 2.12. The standard InChI is InChI=1S/C16H12N4O/c1-10-4-2-3-5-12(10)16-19-15(20-21-16)11-6-7-13-14(8-11)18-9-17-13/h2-9H,1H3,(H,17,18). The zero-order chi connectivity index (χ0) is 14.2. The Balaban J connectivity index is 1.78. The summed E-state index contributed by atoms with van der Waals surface area (Å²) in [6, 6.07) is 13.8. The minimum atomic E-state index is 0.535. The predicted molar refractivity (Wildman–Crippen MR) is 79.6 cm³/mol. The van der Waals surface area contributed by atoms with Gasteiger partial charge in [-0.05, 0) is 36.8 Å². The van der Waals surface area contributed by atoms with Crippen LogP contribution in [0.1, 0.15) is 5.56 Å². The van der Waals surface area contributed by atoms with Gasteiger partial charge < -0.3 is 9.51 Å². The molecule has 0 fully saturated rings. The number of nitrogens with zero attached hydrogens (tertiary/aromatic N) is 3. The number of imidazole rings is 1. The molecule has 0 atom stereocenters. The first-order valence-electron chi connectivity index (χ1n) is 6.64. The zero-order valence-corrected chi connectivity index (χ0v) is 11.4. The summed E-state index contributed by atoms with van der Waals surface area (Å²) in [7, 11) is 0. The van der Waals surface area contributed by atoms with Gasteiger partial charge in [-0.3, -0.25) is 0 Å². The molecule has 0 spiro atoms. The van der Waals surface area contributed by atoms with E-state index in [0.717, 1.165) is 27.7 Å². The van der Waals surface area contributed by atoms with Gasteiger partial charge in [0.15, 0.2) is 0 Å². The molecule has 4 rings (SSSR count). The fourth-order valence-electron chi connectivity index (χ4n) is 2.34. The van der Waals surface area contributed by atoms with E-state index in [1.54, 1.807) is 6.33 Å². The number of H-pyrrole nitrogens is 1. The van der Waals surface area contributed by atoms with Crippen molar-refractivity contribution in [3.05, 3.63) is 54.4 Å². The van der Waals surface area contributed by atoms with Gasteiger partial charge in [-0.15, -0.1) is 0 Å². The second-order valence-corrected chi connectivity index (χ2v) is 4.87. The Bertz CT molecular complexity index is 923. The topological polar surface area (TPSA) is 67.6 Å². The average Bonchev–Trinajstić information content (AvgIpc) is 3.16. The Morgan fingerprint density at radius 3 is 2.90 bits per heavy atom. The lowest BCUT2D eigenvalue weighted by atomic mass is 10.1. The molecule has 0 radical (unpaired) electrons. The number of aryl methyl sites for hydroxylation is 1. The maximum atomic E-state index is 5.39. The molecular formula is C16H12N4O. The van der Waals surface area contributed by atoms with Crippen molar-refractivity contribution in [1.29, 1.82) is 0 Å². The summed E-state index contributed by atoms with van der Waals surface area (Å²) in [5.74, 6) is 1.11. The summed E-state index contributed by atoms with van der Waals surface area (Å²) in [5, 5.41) is 4.07. The molecule has 102 valence electrons. The molecule has 0 bridgehead atoms. The van der Waals surface area contributed by atoms with Crippen molar-refractivity contribution >= 4 is 11.0 Å². The van der Waals surface area contributed by atoms with E-state index in [4.69, 9.17) is 4.52 Å². The average molecular weight is 276 g/mol. The maximum absolute atomic E-state index is 5.39. The molecule has 0 saturated carbocycles. The summed E-state index contributed by atoms with van der Waals surface area (Å²) in [4.78, 5) is 11.8. The van der Waals surface area contributed by atoms with E-state index in [0.29, 0.717) is 11.7 Å². The highest BCUT2D eigenvalue weighted by Crippen LogP contribution is 2.25. The quantitative estimate of drug-likeness (QED) is 0.607. The van der Waals surface area contributed by atoms with Crippen LogP contribution in [0.4, 0.5) is 0 Å². The second kappa shape index (κ2) is 4.56. The van der Waals surface area contributed by atoms with E-state index < -0.39 is 0 Å². The molecule has 0 aliphatic rings. The van der Waals surface area contributed by atoms with E-state index >= 15 is 0 Å². The number of fused-ring (bicyclic) bond motifs is 1. The summed E-state index contributed by atoms with van der Waals surface area (Å²) < 4.78 is 5.39. The van der Waals surface area contributed by atoms with Crippen molar-refractivity contribution < 1.29 is 4.52 Å².